The summed E-state index contributed by atoms with van der Waals surface area (Å²) in [5.41, 5.74) is 11.3. The molecule has 1 aromatic rings. The smallest absolute Gasteiger partial charge is 0.346 e. The highest BCUT2D eigenvalue weighted by atomic mass is 16.1. The predicted molar refractivity (Wildman–Crippen MR) is 66.0 cm³/mol. The number of aryl methyl sites for hydroxylation is 1. The minimum atomic E-state index is -0.337. The number of hydrogen-bond donors (Lipinski definition) is 3. The molecule has 5 N–H and O–H groups in total. The van der Waals surface area contributed by atoms with Crippen molar-refractivity contribution in [1.82, 2.24) is 9.97 Å². The van der Waals surface area contributed by atoms with Gasteiger partial charge in [-0.25, -0.2) is 14.8 Å². The fraction of sp³-hybridized carbons (Fsp3) is 0.500. The Morgan fingerprint density at radius 3 is 3.12 bits per heavy atom. The first-order chi connectivity index (χ1) is 8.06. The van der Waals surface area contributed by atoms with Crippen LogP contribution in [0.15, 0.2) is 16.0 Å². The number of rotatable bonds is 2. The molecular weight excluding hydrogens is 220 g/mol. The van der Waals surface area contributed by atoms with Gasteiger partial charge >= 0.3 is 5.69 Å². The van der Waals surface area contributed by atoms with E-state index in [9.17, 15) is 4.79 Å². The van der Waals surface area contributed by atoms with E-state index in [0.717, 1.165) is 24.3 Å². The van der Waals surface area contributed by atoms with Gasteiger partial charge in [0, 0.05) is 24.8 Å². The average Bonchev–Trinajstić information content (AvgIpc) is 2.69. The van der Waals surface area contributed by atoms with Crippen molar-refractivity contribution in [1.29, 1.82) is 0 Å². The van der Waals surface area contributed by atoms with Gasteiger partial charge in [-0.1, -0.05) is 0 Å². The zero-order valence-electron chi connectivity index (χ0n) is 9.68. The molecule has 2 heterocycles. The van der Waals surface area contributed by atoms with Gasteiger partial charge in [-0.3, -0.25) is 4.98 Å². The minimum Gasteiger partial charge on any atom is -0.370 e. The second-order valence-electron chi connectivity index (χ2n) is 4.16. The quantitative estimate of drug-likeness (QED) is 0.447. The largest absolute Gasteiger partial charge is 0.370 e. The summed E-state index contributed by atoms with van der Waals surface area (Å²) in [5.74, 6) is 0.912. The molecule has 7 heteroatoms. The van der Waals surface area contributed by atoms with Gasteiger partial charge in [-0.2, -0.15) is 0 Å². The van der Waals surface area contributed by atoms with E-state index in [1.807, 2.05) is 6.92 Å². The number of H-pyrrole nitrogens is 1. The van der Waals surface area contributed by atoms with E-state index >= 15 is 0 Å². The minimum absolute atomic E-state index is 0.0936. The van der Waals surface area contributed by atoms with Crippen LogP contribution < -0.4 is 22.1 Å². The summed E-state index contributed by atoms with van der Waals surface area (Å²) in [7, 11) is 0. The maximum atomic E-state index is 11.2. The second-order valence-corrected chi connectivity index (χ2v) is 4.16. The molecule has 0 spiro atoms. The van der Waals surface area contributed by atoms with E-state index in [-0.39, 0.29) is 17.7 Å². The first-order valence-corrected chi connectivity index (χ1v) is 5.46. The van der Waals surface area contributed by atoms with Crippen molar-refractivity contribution in [3.05, 3.63) is 22.2 Å². The molecule has 0 saturated carbocycles. The van der Waals surface area contributed by atoms with Crippen molar-refractivity contribution in [2.75, 3.05) is 18.0 Å². The van der Waals surface area contributed by atoms with Gasteiger partial charge in [-0.15, -0.1) is 0 Å². The van der Waals surface area contributed by atoms with Gasteiger partial charge in [0.15, 0.2) is 5.96 Å². The standard InChI is InChI=1S/C10H16N6O/c1-6-4-13-10(17)15-8(6)16-3-2-7(5-16)14-9(11)12/h4,7H,2-3,5H2,1H3,(H4,11,12,14)(H,13,15,17)/t7-/m0/s1. The summed E-state index contributed by atoms with van der Waals surface area (Å²) in [4.78, 5) is 23.8. The van der Waals surface area contributed by atoms with E-state index in [1.165, 1.54) is 0 Å². The molecule has 1 atom stereocenters. The van der Waals surface area contributed by atoms with Crippen molar-refractivity contribution in [3.8, 4) is 0 Å². The normalized spacial score (nSPS) is 19.4. The Balaban J connectivity index is 2.18. The van der Waals surface area contributed by atoms with Crippen LogP contribution in [0, 0.1) is 6.92 Å². The van der Waals surface area contributed by atoms with Crippen LogP contribution in [0.25, 0.3) is 0 Å². The summed E-state index contributed by atoms with van der Waals surface area (Å²) in [6, 6.07) is 0.0936. The van der Waals surface area contributed by atoms with Crippen LogP contribution in [0.2, 0.25) is 0 Å². The fourth-order valence-electron chi connectivity index (χ4n) is 2.04. The Morgan fingerprint density at radius 2 is 2.41 bits per heavy atom. The molecule has 1 aromatic heterocycles. The summed E-state index contributed by atoms with van der Waals surface area (Å²) in [6.45, 7) is 3.44. The van der Waals surface area contributed by atoms with Gasteiger partial charge in [0.2, 0.25) is 0 Å². The number of nitrogens with zero attached hydrogens (tertiary/aromatic N) is 3. The second kappa shape index (κ2) is 4.44. The van der Waals surface area contributed by atoms with Crippen molar-refractivity contribution in [2.45, 2.75) is 19.4 Å². The first kappa shape index (κ1) is 11.4. The van der Waals surface area contributed by atoms with Crippen LogP contribution in [0.1, 0.15) is 12.0 Å². The van der Waals surface area contributed by atoms with E-state index in [1.54, 1.807) is 6.20 Å². The third-order valence-corrected chi connectivity index (χ3v) is 2.79. The molecule has 0 aliphatic carbocycles. The summed E-state index contributed by atoms with van der Waals surface area (Å²) in [6.07, 6.45) is 2.45. The number of aromatic amines is 1. The molecule has 2 rings (SSSR count). The lowest BCUT2D eigenvalue weighted by Crippen LogP contribution is -2.28. The molecule has 0 aromatic carbocycles. The third kappa shape index (κ3) is 2.55. The molecule has 1 aliphatic heterocycles. The summed E-state index contributed by atoms with van der Waals surface area (Å²) in [5, 5.41) is 0. The molecule has 1 fully saturated rings. The molecular formula is C10H16N6O. The van der Waals surface area contributed by atoms with Gasteiger partial charge in [-0.05, 0) is 13.3 Å². The monoisotopic (exact) mass is 236 g/mol. The molecule has 17 heavy (non-hydrogen) atoms. The number of nitrogens with two attached hydrogens (primary N) is 2. The topological polar surface area (TPSA) is 113 Å². The molecule has 92 valence electrons. The van der Waals surface area contributed by atoms with Crippen LogP contribution in [0.3, 0.4) is 0 Å². The average molecular weight is 236 g/mol. The number of anilines is 1. The van der Waals surface area contributed by atoms with Crippen LogP contribution in [0.4, 0.5) is 5.82 Å². The lowest BCUT2D eigenvalue weighted by atomic mass is 10.3. The van der Waals surface area contributed by atoms with Gasteiger partial charge in [0.25, 0.3) is 0 Å². The number of hydrogen-bond acceptors (Lipinski definition) is 4. The maximum absolute atomic E-state index is 11.2. The Kier molecular flexibility index (Phi) is 2.99. The lowest BCUT2D eigenvalue weighted by Gasteiger charge is -2.18. The molecule has 1 aliphatic rings. The number of guanidine groups is 1. The van der Waals surface area contributed by atoms with Crippen molar-refractivity contribution >= 4 is 11.8 Å². The van der Waals surface area contributed by atoms with Crippen molar-refractivity contribution < 1.29 is 0 Å². The van der Waals surface area contributed by atoms with E-state index in [0.29, 0.717) is 6.54 Å². The number of aliphatic imine (C=N–C) groups is 1. The molecule has 7 nitrogen and oxygen atoms in total. The molecule has 1 saturated heterocycles. The zero-order chi connectivity index (χ0) is 12.4. The van der Waals surface area contributed by atoms with Crippen LogP contribution >= 0.6 is 0 Å². The SMILES string of the molecule is Cc1cnc(=O)[nH]c1N1CC[C@H](N=C(N)N)C1. The van der Waals surface area contributed by atoms with Gasteiger partial charge in [0.05, 0.1) is 6.04 Å². The van der Waals surface area contributed by atoms with Crippen LogP contribution in [0.5, 0.6) is 0 Å². The maximum Gasteiger partial charge on any atom is 0.346 e. The lowest BCUT2D eigenvalue weighted by molar-refractivity contribution is 0.750. The van der Waals surface area contributed by atoms with Crippen LogP contribution in [-0.4, -0.2) is 35.1 Å². The van der Waals surface area contributed by atoms with Gasteiger partial charge in [0.1, 0.15) is 5.82 Å². The van der Waals surface area contributed by atoms with Crippen LogP contribution in [-0.2, 0) is 0 Å². The Bertz CT molecular complexity index is 490. The van der Waals surface area contributed by atoms with E-state index in [4.69, 9.17) is 11.5 Å². The summed E-state index contributed by atoms with van der Waals surface area (Å²) >= 11 is 0. The Labute approximate surface area is 98.6 Å². The Hall–Kier alpha value is -2.05. The van der Waals surface area contributed by atoms with Crippen molar-refractivity contribution in [2.24, 2.45) is 16.5 Å². The highest BCUT2D eigenvalue weighted by Gasteiger charge is 2.23. The van der Waals surface area contributed by atoms with E-state index < -0.39 is 0 Å². The molecule has 0 radical (unpaired) electrons. The fourth-order valence-corrected chi connectivity index (χ4v) is 2.04. The van der Waals surface area contributed by atoms with Gasteiger partial charge < -0.3 is 16.4 Å². The van der Waals surface area contributed by atoms with Crippen molar-refractivity contribution in [3.63, 3.8) is 0 Å². The predicted octanol–water partition coefficient (Wildman–Crippen LogP) is -1.07. The highest BCUT2D eigenvalue weighted by molar-refractivity contribution is 5.76. The summed E-state index contributed by atoms with van der Waals surface area (Å²) < 4.78 is 0. The third-order valence-electron chi connectivity index (χ3n) is 2.79. The molecule has 0 bridgehead atoms. The number of aromatic nitrogens is 2. The Morgan fingerprint density at radius 1 is 1.65 bits per heavy atom. The number of nitrogens with one attached hydrogen (secondary N) is 1. The zero-order valence-corrected chi connectivity index (χ0v) is 9.68. The molecule has 0 unspecified atom stereocenters. The molecule has 0 amide bonds. The van der Waals surface area contributed by atoms with E-state index in [2.05, 4.69) is 19.9 Å². The first-order valence-electron chi connectivity index (χ1n) is 5.46. The highest BCUT2D eigenvalue weighted by Crippen LogP contribution is 2.21.